The number of benzene rings is 1. The largest absolute Gasteiger partial charge is 0.302 e. The summed E-state index contributed by atoms with van der Waals surface area (Å²) < 4.78 is 0. The van der Waals surface area contributed by atoms with Gasteiger partial charge in [-0.25, -0.2) is 4.98 Å². The van der Waals surface area contributed by atoms with Crippen LogP contribution in [0.25, 0.3) is 11.3 Å². The van der Waals surface area contributed by atoms with Gasteiger partial charge in [0.05, 0.1) is 5.69 Å². The summed E-state index contributed by atoms with van der Waals surface area (Å²) in [5.74, 6) is -0.0912. The predicted octanol–water partition coefficient (Wildman–Crippen LogP) is 3.39. The number of nitrogens with one attached hydrogen (secondary N) is 1. The van der Waals surface area contributed by atoms with E-state index < -0.39 is 0 Å². The standard InChI is InChI=1S/C13H14N2OS/c1-8-4-5-11(9(2)6-8)12-7-17-13(15-12)14-10(3)16/h4-7H,1-3H3,(H,14,15,16). The van der Waals surface area contributed by atoms with Gasteiger partial charge in [0, 0.05) is 17.9 Å². The average Bonchev–Trinajstić information content (AvgIpc) is 2.65. The van der Waals surface area contributed by atoms with Crippen LogP contribution in [-0.4, -0.2) is 10.9 Å². The van der Waals surface area contributed by atoms with Crippen LogP contribution in [0.1, 0.15) is 18.1 Å². The van der Waals surface area contributed by atoms with Gasteiger partial charge >= 0.3 is 0 Å². The molecule has 0 saturated carbocycles. The van der Waals surface area contributed by atoms with Gasteiger partial charge in [-0.3, -0.25) is 4.79 Å². The van der Waals surface area contributed by atoms with Gasteiger partial charge in [0.25, 0.3) is 0 Å². The molecule has 0 spiro atoms. The third-order valence-electron chi connectivity index (χ3n) is 2.45. The Balaban J connectivity index is 2.33. The van der Waals surface area contributed by atoms with Gasteiger partial charge in [-0.2, -0.15) is 0 Å². The van der Waals surface area contributed by atoms with Crippen molar-refractivity contribution in [2.75, 3.05) is 5.32 Å². The van der Waals surface area contributed by atoms with E-state index in [2.05, 4.69) is 42.3 Å². The molecule has 0 saturated heterocycles. The van der Waals surface area contributed by atoms with E-state index in [0.29, 0.717) is 5.13 Å². The molecule has 0 aliphatic heterocycles. The van der Waals surface area contributed by atoms with Crippen molar-refractivity contribution in [3.8, 4) is 11.3 Å². The zero-order valence-corrected chi connectivity index (χ0v) is 10.9. The van der Waals surface area contributed by atoms with E-state index in [4.69, 9.17) is 0 Å². The van der Waals surface area contributed by atoms with Crippen LogP contribution >= 0.6 is 11.3 Å². The van der Waals surface area contributed by atoms with Crippen molar-refractivity contribution >= 4 is 22.4 Å². The zero-order chi connectivity index (χ0) is 12.4. The highest BCUT2D eigenvalue weighted by atomic mass is 32.1. The minimum atomic E-state index is -0.0912. The lowest BCUT2D eigenvalue weighted by atomic mass is 10.0. The second kappa shape index (κ2) is 4.67. The molecule has 3 nitrogen and oxygen atoms in total. The summed E-state index contributed by atoms with van der Waals surface area (Å²) in [6.45, 7) is 5.62. The molecule has 1 aromatic heterocycles. The Kier molecular flexibility index (Phi) is 3.24. The van der Waals surface area contributed by atoms with Crippen LogP contribution in [0.15, 0.2) is 23.6 Å². The number of aryl methyl sites for hydroxylation is 2. The normalized spacial score (nSPS) is 10.3. The Hall–Kier alpha value is -1.68. The van der Waals surface area contributed by atoms with Crippen molar-refractivity contribution in [2.24, 2.45) is 0 Å². The van der Waals surface area contributed by atoms with Gasteiger partial charge < -0.3 is 5.32 Å². The number of rotatable bonds is 2. The maximum Gasteiger partial charge on any atom is 0.223 e. The zero-order valence-electron chi connectivity index (χ0n) is 10.1. The number of carbonyl (C=O) groups excluding carboxylic acids is 1. The number of amides is 1. The van der Waals surface area contributed by atoms with Crippen molar-refractivity contribution < 1.29 is 4.79 Å². The number of hydrogen-bond acceptors (Lipinski definition) is 3. The molecule has 4 heteroatoms. The highest BCUT2D eigenvalue weighted by Gasteiger charge is 2.07. The Bertz CT molecular complexity index is 560. The summed E-state index contributed by atoms with van der Waals surface area (Å²) in [6, 6.07) is 6.27. The number of anilines is 1. The maximum atomic E-state index is 10.9. The lowest BCUT2D eigenvalue weighted by Crippen LogP contribution is -2.04. The first-order chi connectivity index (χ1) is 8.06. The van der Waals surface area contributed by atoms with E-state index in [0.717, 1.165) is 11.3 Å². The molecule has 0 fully saturated rings. The molecule has 1 amide bonds. The predicted molar refractivity (Wildman–Crippen MR) is 71.3 cm³/mol. The highest BCUT2D eigenvalue weighted by Crippen LogP contribution is 2.27. The van der Waals surface area contributed by atoms with Crippen LogP contribution in [-0.2, 0) is 4.79 Å². The van der Waals surface area contributed by atoms with E-state index in [-0.39, 0.29) is 5.91 Å². The molecular formula is C13H14N2OS. The van der Waals surface area contributed by atoms with Crippen LogP contribution in [0.5, 0.6) is 0 Å². The van der Waals surface area contributed by atoms with Crippen LogP contribution in [0.4, 0.5) is 5.13 Å². The molecule has 1 aromatic carbocycles. The molecule has 0 unspecified atom stereocenters. The van der Waals surface area contributed by atoms with E-state index in [1.165, 1.54) is 29.4 Å². The van der Waals surface area contributed by atoms with E-state index in [1.807, 2.05) is 5.38 Å². The number of nitrogens with zero attached hydrogens (tertiary/aromatic N) is 1. The summed E-state index contributed by atoms with van der Waals surface area (Å²) in [7, 11) is 0. The van der Waals surface area contributed by atoms with Gasteiger partial charge in [0.15, 0.2) is 5.13 Å². The van der Waals surface area contributed by atoms with E-state index in [9.17, 15) is 4.79 Å². The fraction of sp³-hybridized carbons (Fsp3) is 0.231. The second-order valence-electron chi connectivity index (χ2n) is 4.04. The number of carbonyl (C=O) groups is 1. The van der Waals surface area contributed by atoms with Crippen molar-refractivity contribution in [1.82, 2.24) is 4.98 Å². The molecule has 0 radical (unpaired) electrons. The van der Waals surface area contributed by atoms with E-state index >= 15 is 0 Å². The smallest absolute Gasteiger partial charge is 0.223 e. The van der Waals surface area contributed by atoms with E-state index in [1.54, 1.807) is 0 Å². The quantitative estimate of drug-likeness (QED) is 0.882. The maximum absolute atomic E-state index is 10.9. The van der Waals surface area contributed by atoms with Crippen molar-refractivity contribution in [3.05, 3.63) is 34.7 Å². The topological polar surface area (TPSA) is 42.0 Å². The van der Waals surface area contributed by atoms with Gasteiger partial charge in [-0.05, 0) is 19.4 Å². The third kappa shape index (κ3) is 2.71. The molecule has 0 atom stereocenters. The van der Waals surface area contributed by atoms with Crippen LogP contribution in [0.3, 0.4) is 0 Å². The number of aromatic nitrogens is 1. The van der Waals surface area contributed by atoms with Gasteiger partial charge in [0.2, 0.25) is 5.91 Å². The lowest BCUT2D eigenvalue weighted by molar-refractivity contribution is -0.114. The fourth-order valence-electron chi connectivity index (χ4n) is 1.71. The van der Waals surface area contributed by atoms with Crippen LogP contribution < -0.4 is 5.32 Å². The van der Waals surface area contributed by atoms with Crippen molar-refractivity contribution in [3.63, 3.8) is 0 Å². The molecule has 1 N–H and O–H groups in total. The molecule has 1 heterocycles. The first-order valence-electron chi connectivity index (χ1n) is 5.37. The Morgan fingerprint density at radius 3 is 2.76 bits per heavy atom. The Morgan fingerprint density at radius 2 is 2.12 bits per heavy atom. The number of hydrogen-bond donors (Lipinski definition) is 1. The molecule has 0 aliphatic rings. The van der Waals surface area contributed by atoms with Gasteiger partial charge in [0.1, 0.15) is 0 Å². The molecular weight excluding hydrogens is 232 g/mol. The fourth-order valence-corrected chi connectivity index (χ4v) is 2.46. The second-order valence-corrected chi connectivity index (χ2v) is 4.90. The molecule has 2 aromatic rings. The molecule has 88 valence electrons. The van der Waals surface area contributed by atoms with Crippen LogP contribution in [0.2, 0.25) is 0 Å². The first-order valence-corrected chi connectivity index (χ1v) is 6.25. The lowest BCUT2D eigenvalue weighted by Gasteiger charge is -2.03. The minimum absolute atomic E-state index is 0.0912. The minimum Gasteiger partial charge on any atom is -0.302 e. The molecule has 0 bridgehead atoms. The summed E-state index contributed by atoms with van der Waals surface area (Å²) in [5.41, 5.74) is 4.47. The van der Waals surface area contributed by atoms with Crippen molar-refractivity contribution in [1.29, 1.82) is 0 Å². The summed E-state index contributed by atoms with van der Waals surface area (Å²) in [6.07, 6.45) is 0. The van der Waals surface area contributed by atoms with Crippen molar-refractivity contribution in [2.45, 2.75) is 20.8 Å². The third-order valence-corrected chi connectivity index (χ3v) is 3.20. The summed E-state index contributed by atoms with van der Waals surface area (Å²) in [4.78, 5) is 15.3. The average molecular weight is 246 g/mol. The van der Waals surface area contributed by atoms with Crippen LogP contribution in [0, 0.1) is 13.8 Å². The number of thiazole rings is 1. The Morgan fingerprint density at radius 1 is 1.35 bits per heavy atom. The monoisotopic (exact) mass is 246 g/mol. The molecule has 0 aliphatic carbocycles. The van der Waals surface area contributed by atoms with Gasteiger partial charge in [-0.15, -0.1) is 11.3 Å². The summed E-state index contributed by atoms with van der Waals surface area (Å²) >= 11 is 1.44. The highest BCUT2D eigenvalue weighted by molar-refractivity contribution is 7.14. The molecule has 17 heavy (non-hydrogen) atoms. The molecule has 2 rings (SSSR count). The Labute approximate surface area is 105 Å². The first kappa shape index (κ1) is 11.8. The summed E-state index contributed by atoms with van der Waals surface area (Å²) in [5, 5.41) is 5.30. The van der Waals surface area contributed by atoms with Gasteiger partial charge in [-0.1, -0.05) is 23.8 Å². The SMILES string of the molecule is CC(=O)Nc1nc(-c2ccc(C)cc2C)cs1.